The SMILES string of the molecule is CN(CCc1nccs1)Cn1nc(CO)n(C2CC2)c1=S. The Balaban J connectivity index is 1.65. The molecule has 0 bridgehead atoms. The van der Waals surface area contributed by atoms with Crippen LogP contribution in [0.15, 0.2) is 11.6 Å². The smallest absolute Gasteiger partial charge is 0.199 e. The zero-order valence-corrected chi connectivity index (χ0v) is 13.6. The first-order valence-corrected chi connectivity index (χ1v) is 8.34. The fourth-order valence-corrected chi connectivity index (χ4v) is 3.29. The van der Waals surface area contributed by atoms with Crippen LogP contribution in [0.3, 0.4) is 0 Å². The van der Waals surface area contributed by atoms with Crippen molar-refractivity contribution in [1.29, 1.82) is 0 Å². The normalized spacial score (nSPS) is 15.0. The van der Waals surface area contributed by atoms with Crippen molar-refractivity contribution in [3.8, 4) is 0 Å². The molecule has 0 saturated heterocycles. The van der Waals surface area contributed by atoms with Crippen LogP contribution in [0.2, 0.25) is 0 Å². The topological polar surface area (TPSA) is 59.1 Å². The summed E-state index contributed by atoms with van der Waals surface area (Å²) < 4.78 is 4.52. The lowest BCUT2D eigenvalue weighted by Gasteiger charge is -2.15. The van der Waals surface area contributed by atoms with Crippen LogP contribution in [-0.2, 0) is 19.7 Å². The highest BCUT2D eigenvalue weighted by Crippen LogP contribution is 2.36. The Morgan fingerprint density at radius 3 is 2.95 bits per heavy atom. The van der Waals surface area contributed by atoms with Crippen molar-refractivity contribution >= 4 is 23.6 Å². The van der Waals surface area contributed by atoms with Crippen molar-refractivity contribution < 1.29 is 5.11 Å². The molecule has 0 radical (unpaired) electrons. The van der Waals surface area contributed by atoms with Gasteiger partial charge in [-0.15, -0.1) is 11.3 Å². The average Bonchev–Trinajstić information content (AvgIpc) is 3.07. The number of aromatic nitrogens is 4. The molecule has 8 heteroatoms. The van der Waals surface area contributed by atoms with Gasteiger partial charge in [0.15, 0.2) is 10.6 Å². The van der Waals surface area contributed by atoms with Crippen LogP contribution in [-0.4, -0.2) is 42.9 Å². The maximum Gasteiger partial charge on any atom is 0.199 e. The van der Waals surface area contributed by atoms with Crippen molar-refractivity contribution in [1.82, 2.24) is 24.2 Å². The molecule has 0 amide bonds. The molecule has 1 fully saturated rings. The van der Waals surface area contributed by atoms with Crippen LogP contribution in [0.4, 0.5) is 0 Å². The van der Waals surface area contributed by atoms with Crippen LogP contribution in [0, 0.1) is 4.77 Å². The standard InChI is InChI=1S/C13H19N5OS2/c1-16(6-4-12-14-5-7-21-12)9-17-13(20)18(10-2-3-10)11(8-19)15-17/h5,7,10,19H,2-4,6,8-9H2,1H3. The zero-order chi connectivity index (χ0) is 14.8. The minimum Gasteiger partial charge on any atom is -0.388 e. The Bertz CT molecular complexity index is 644. The second kappa shape index (κ2) is 6.35. The van der Waals surface area contributed by atoms with Gasteiger partial charge in [0, 0.05) is 30.6 Å². The first-order chi connectivity index (χ1) is 10.2. The van der Waals surface area contributed by atoms with Gasteiger partial charge in [-0.3, -0.25) is 9.47 Å². The number of nitrogens with zero attached hydrogens (tertiary/aromatic N) is 5. The van der Waals surface area contributed by atoms with Gasteiger partial charge in [-0.1, -0.05) is 0 Å². The highest BCUT2D eigenvalue weighted by molar-refractivity contribution is 7.71. The van der Waals surface area contributed by atoms with Gasteiger partial charge in [-0.2, -0.15) is 5.10 Å². The molecule has 3 rings (SSSR count). The summed E-state index contributed by atoms with van der Waals surface area (Å²) >= 11 is 7.17. The predicted octanol–water partition coefficient (Wildman–Crippen LogP) is 1.83. The van der Waals surface area contributed by atoms with Crippen LogP contribution < -0.4 is 0 Å². The molecule has 2 aromatic heterocycles. The lowest BCUT2D eigenvalue weighted by Crippen LogP contribution is -2.25. The molecular weight excluding hydrogens is 306 g/mol. The largest absolute Gasteiger partial charge is 0.388 e. The van der Waals surface area contributed by atoms with Gasteiger partial charge in [-0.05, 0) is 32.1 Å². The zero-order valence-electron chi connectivity index (χ0n) is 12.0. The summed E-state index contributed by atoms with van der Waals surface area (Å²) in [7, 11) is 2.05. The molecule has 1 N–H and O–H groups in total. The van der Waals surface area contributed by atoms with E-state index in [-0.39, 0.29) is 6.61 Å². The van der Waals surface area contributed by atoms with E-state index in [1.54, 1.807) is 16.0 Å². The molecule has 1 aliphatic carbocycles. The highest BCUT2D eigenvalue weighted by Gasteiger charge is 2.28. The van der Waals surface area contributed by atoms with Crippen LogP contribution in [0.1, 0.15) is 29.7 Å². The Morgan fingerprint density at radius 1 is 1.52 bits per heavy atom. The van der Waals surface area contributed by atoms with Crippen molar-refractivity contribution in [3.63, 3.8) is 0 Å². The van der Waals surface area contributed by atoms with E-state index < -0.39 is 0 Å². The number of aliphatic hydroxyl groups excluding tert-OH is 1. The highest BCUT2D eigenvalue weighted by atomic mass is 32.1. The van der Waals surface area contributed by atoms with Crippen molar-refractivity contribution in [2.75, 3.05) is 13.6 Å². The average molecular weight is 325 g/mol. The van der Waals surface area contributed by atoms with Crippen molar-refractivity contribution in [2.24, 2.45) is 0 Å². The molecule has 21 heavy (non-hydrogen) atoms. The Morgan fingerprint density at radius 2 is 2.33 bits per heavy atom. The third kappa shape index (κ3) is 3.39. The van der Waals surface area contributed by atoms with E-state index in [1.165, 1.54) is 0 Å². The van der Waals surface area contributed by atoms with Gasteiger partial charge in [0.2, 0.25) is 0 Å². The second-order valence-electron chi connectivity index (χ2n) is 5.35. The number of likely N-dealkylation sites (N-methyl/N-ethyl adjacent to an activating group) is 1. The molecule has 2 heterocycles. The monoisotopic (exact) mass is 325 g/mol. The maximum atomic E-state index is 9.43. The molecule has 114 valence electrons. The Kier molecular flexibility index (Phi) is 4.48. The molecule has 1 aliphatic rings. The van der Waals surface area contributed by atoms with Gasteiger partial charge in [0.1, 0.15) is 6.61 Å². The molecular formula is C13H19N5OS2. The lowest BCUT2D eigenvalue weighted by molar-refractivity contribution is 0.246. The van der Waals surface area contributed by atoms with Gasteiger partial charge < -0.3 is 5.11 Å². The Hall–Kier alpha value is -1.09. The summed E-state index contributed by atoms with van der Waals surface area (Å²) in [5, 5.41) is 17.0. The van der Waals surface area contributed by atoms with E-state index >= 15 is 0 Å². The molecule has 0 aromatic carbocycles. The molecule has 0 atom stereocenters. The quantitative estimate of drug-likeness (QED) is 0.787. The van der Waals surface area contributed by atoms with E-state index in [1.807, 2.05) is 23.2 Å². The maximum absolute atomic E-state index is 9.43. The third-order valence-electron chi connectivity index (χ3n) is 3.56. The van der Waals surface area contributed by atoms with Gasteiger partial charge in [-0.25, -0.2) is 9.67 Å². The number of hydrogen-bond acceptors (Lipinski definition) is 6. The summed E-state index contributed by atoms with van der Waals surface area (Å²) in [5.41, 5.74) is 0. The summed E-state index contributed by atoms with van der Waals surface area (Å²) in [6.07, 6.45) is 5.03. The predicted molar refractivity (Wildman–Crippen MR) is 83.7 cm³/mol. The van der Waals surface area contributed by atoms with Crippen LogP contribution >= 0.6 is 23.6 Å². The molecule has 6 nitrogen and oxygen atoms in total. The Labute approximate surface area is 132 Å². The van der Waals surface area contributed by atoms with E-state index in [0.29, 0.717) is 23.3 Å². The summed E-state index contributed by atoms with van der Waals surface area (Å²) in [4.78, 5) is 6.46. The van der Waals surface area contributed by atoms with Crippen LogP contribution in [0.5, 0.6) is 0 Å². The summed E-state index contributed by atoms with van der Waals surface area (Å²) in [5.74, 6) is 0.677. The fraction of sp³-hybridized carbons (Fsp3) is 0.615. The molecule has 0 unspecified atom stereocenters. The molecule has 1 saturated carbocycles. The molecule has 0 aliphatic heterocycles. The summed E-state index contributed by atoms with van der Waals surface area (Å²) in [6, 6.07) is 0.439. The van der Waals surface area contributed by atoms with Crippen molar-refractivity contribution in [2.45, 2.75) is 38.6 Å². The first kappa shape index (κ1) is 14.8. The number of hydrogen-bond donors (Lipinski definition) is 1. The van der Waals surface area contributed by atoms with Gasteiger partial charge >= 0.3 is 0 Å². The van der Waals surface area contributed by atoms with Crippen LogP contribution in [0.25, 0.3) is 0 Å². The van der Waals surface area contributed by atoms with E-state index in [9.17, 15) is 5.11 Å². The minimum absolute atomic E-state index is 0.0596. The molecule has 0 spiro atoms. The van der Waals surface area contributed by atoms with Gasteiger partial charge in [0.25, 0.3) is 0 Å². The van der Waals surface area contributed by atoms with E-state index in [4.69, 9.17) is 12.2 Å². The number of rotatable bonds is 7. The second-order valence-corrected chi connectivity index (χ2v) is 6.70. The summed E-state index contributed by atoms with van der Waals surface area (Å²) in [6.45, 7) is 1.48. The fourth-order valence-electron chi connectivity index (χ4n) is 2.33. The molecule has 2 aromatic rings. The lowest BCUT2D eigenvalue weighted by atomic mass is 10.4. The van der Waals surface area contributed by atoms with E-state index in [0.717, 1.165) is 30.8 Å². The van der Waals surface area contributed by atoms with Gasteiger partial charge in [0.05, 0.1) is 11.7 Å². The number of aliphatic hydroxyl groups is 1. The van der Waals surface area contributed by atoms with Crippen molar-refractivity contribution in [3.05, 3.63) is 27.2 Å². The third-order valence-corrected chi connectivity index (χ3v) is 4.81. The van der Waals surface area contributed by atoms with E-state index in [2.05, 4.69) is 15.0 Å². The number of thiazole rings is 1. The first-order valence-electron chi connectivity index (χ1n) is 7.05. The minimum atomic E-state index is -0.0596.